The molecular formula is C13H10Cl3FN2. The summed E-state index contributed by atoms with van der Waals surface area (Å²) in [5.41, 5.74) is 3.70. The van der Waals surface area contributed by atoms with Crippen LogP contribution >= 0.6 is 34.8 Å². The van der Waals surface area contributed by atoms with Gasteiger partial charge in [-0.1, -0.05) is 59.1 Å². The zero-order chi connectivity index (χ0) is 14.0. The Labute approximate surface area is 125 Å². The molecule has 3 N–H and O–H groups in total. The zero-order valence-corrected chi connectivity index (χ0v) is 11.9. The van der Waals surface area contributed by atoms with Gasteiger partial charge in [-0.2, -0.15) is 0 Å². The van der Waals surface area contributed by atoms with E-state index in [9.17, 15) is 4.39 Å². The van der Waals surface area contributed by atoms with Gasteiger partial charge < -0.3 is 0 Å². The Balaban J connectivity index is 2.57. The van der Waals surface area contributed by atoms with E-state index in [1.165, 1.54) is 6.07 Å². The number of nitrogens with one attached hydrogen (secondary N) is 1. The van der Waals surface area contributed by atoms with Gasteiger partial charge in [0.25, 0.3) is 0 Å². The van der Waals surface area contributed by atoms with Crippen molar-refractivity contribution in [1.82, 2.24) is 5.43 Å². The van der Waals surface area contributed by atoms with E-state index in [-0.39, 0.29) is 5.02 Å². The predicted octanol–water partition coefficient (Wildman–Crippen LogP) is 4.34. The highest BCUT2D eigenvalue weighted by atomic mass is 35.5. The highest BCUT2D eigenvalue weighted by Gasteiger charge is 2.20. The molecule has 100 valence electrons. The normalized spacial score (nSPS) is 12.5. The molecule has 6 heteroatoms. The molecule has 0 spiro atoms. The first-order chi connectivity index (χ1) is 9.06. The third-order valence-electron chi connectivity index (χ3n) is 2.75. The smallest absolute Gasteiger partial charge is 0.142 e. The van der Waals surface area contributed by atoms with Gasteiger partial charge >= 0.3 is 0 Å². The lowest BCUT2D eigenvalue weighted by molar-refractivity contribution is 0.606. The Kier molecular flexibility index (Phi) is 4.66. The van der Waals surface area contributed by atoms with E-state index in [1.54, 1.807) is 30.3 Å². The van der Waals surface area contributed by atoms with Crippen molar-refractivity contribution in [1.29, 1.82) is 0 Å². The molecule has 0 aliphatic rings. The van der Waals surface area contributed by atoms with Gasteiger partial charge in [-0.05, 0) is 23.3 Å². The van der Waals surface area contributed by atoms with Crippen molar-refractivity contribution in [2.45, 2.75) is 6.04 Å². The summed E-state index contributed by atoms with van der Waals surface area (Å²) < 4.78 is 13.5. The molecule has 0 aromatic heterocycles. The SMILES string of the molecule is NNC(c1cccc(F)c1Cl)c1cccc(Cl)c1Cl. The quantitative estimate of drug-likeness (QED) is 0.652. The van der Waals surface area contributed by atoms with Crippen LogP contribution in [0.4, 0.5) is 4.39 Å². The summed E-state index contributed by atoms with van der Waals surface area (Å²) in [6.45, 7) is 0. The fourth-order valence-electron chi connectivity index (χ4n) is 1.83. The molecule has 2 aromatic carbocycles. The lowest BCUT2D eigenvalue weighted by Crippen LogP contribution is -2.29. The molecule has 0 aliphatic carbocycles. The van der Waals surface area contributed by atoms with E-state index < -0.39 is 11.9 Å². The second-order valence-electron chi connectivity index (χ2n) is 3.89. The van der Waals surface area contributed by atoms with Crippen LogP contribution in [-0.2, 0) is 0 Å². The average Bonchev–Trinajstić information content (AvgIpc) is 2.40. The molecule has 1 atom stereocenters. The van der Waals surface area contributed by atoms with Crippen LogP contribution in [0.15, 0.2) is 36.4 Å². The lowest BCUT2D eigenvalue weighted by Gasteiger charge is -2.20. The first-order valence-electron chi connectivity index (χ1n) is 5.40. The van der Waals surface area contributed by atoms with Crippen molar-refractivity contribution < 1.29 is 4.39 Å². The standard InChI is InChI=1S/C13H10Cl3FN2/c14-9-5-1-3-7(11(9)15)13(19-18)8-4-2-6-10(17)12(8)16/h1-6,13,19H,18H2. The number of nitrogens with two attached hydrogens (primary N) is 1. The van der Waals surface area contributed by atoms with Crippen molar-refractivity contribution in [3.8, 4) is 0 Å². The van der Waals surface area contributed by atoms with Crippen LogP contribution in [0.3, 0.4) is 0 Å². The number of hydrogen-bond acceptors (Lipinski definition) is 2. The minimum atomic E-state index is -0.547. The van der Waals surface area contributed by atoms with Gasteiger partial charge in [0.1, 0.15) is 5.82 Å². The van der Waals surface area contributed by atoms with Crippen molar-refractivity contribution in [3.63, 3.8) is 0 Å². The maximum Gasteiger partial charge on any atom is 0.142 e. The van der Waals surface area contributed by atoms with E-state index in [4.69, 9.17) is 40.6 Å². The molecule has 0 saturated heterocycles. The minimum absolute atomic E-state index is 0.00138. The zero-order valence-electron chi connectivity index (χ0n) is 9.63. The second-order valence-corrected chi connectivity index (χ2v) is 5.05. The first-order valence-corrected chi connectivity index (χ1v) is 6.53. The van der Waals surface area contributed by atoms with Crippen LogP contribution in [0, 0.1) is 5.82 Å². The monoisotopic (exact) mass is 318 g/mol. The van der Waals surface area contributed by atoms with E-state index in [2.05, 4.69) is 5.43 Å². The lowest BCUT2D eigenvalue weighted by atomic mass is 9.99. The summed E-state index contributed by atoms with van der Waals surface area (Å²) in [5.74, 6) is 5.03. The minimum Gasteiger partial charge on any atom is -0.271 e. The summed E-state index contributed by atoms with van der Waals surface area (Å²) in [6, 6.07) is 9.11. The van der Waals surface area contributed by atoms with Gasteiger partial charge in [0.2, 0.25) is 0 Å². The molecule has 0 bridgehead atoms. The Morgan fingerprint density at radius 3 is 2.16 bits per heavy atom. The summed E-state index contributed by atoms with van der Waals surface area (Å²) in [7, 11) is 0. The van der Waals surface area contributed by atoms with Crippen molar-refractivity contribution in [2.24, 2.45) is 5.84 Å². The van der Waals surface area contributed by atoms with Crippen LogP contribution in [-0.4, -0.2) is 0 Å². The largest absolute Gasteiger partial charge is 0.271 e. The highest BCUT2D eigenvalue weighted by Crippen LogP contribution is 2.35. The summed E-state index contributed by atoms with van der Waals surface area (Å²) in [5, 5.41) is 0.751. The second kappa shape index (κ2) is 6.07. The van der Waals surface area contributed by atoms with Gasteiger partial charge in [-0.15, -0.1) is 0 Å². The van der Waals surface area contributed by atoms with Crippen LogP contribution in [0.1, 0.15) is 17.2 Å². The topological polar surface area (TPSA) is 38.0 Å². The molecule has 19 heavy (non-hydrogen) atoms. The summed E-state index contributed by atoms with van der Waals surface area (Å²) in [6.07, 6.45) is 0. The summed E-state index contributed by atoms with van der Waals surface area (Å²) in [4.78, 5) is 0. The molecule has 2 aromatic rings. The third kappa shape index (κ3) is 2.86. The molecule has 0 radical (unpaired) electrons. The van der Waals surface area contributed by atoms with E-state index >= 15 is 0 Å². The Bertz CT molecular complexity index is 553. The number of benzene rings is 2. The van der Waals surface area contributed by atoms with Gasteiger partial charge in [0.15, 0.2) is 0 Å². The Morgan fingerprint density at radius 2 is 1.53 bits per heavy atom. The maximum atomic E-state index is 13.5. The van der Waals surface area contributed by atoms with E-state index in [1.807, 2.05) is 0 Å². The molecule has 0 saturated carbocycles. The van der Waals surface area contributed by atoms with Crippen LogP contribution in [0.5, 0.6) is 0 Å². The Hall–Kier alpha value is -0.840. The molecule has 0 heterocycles. The first kappa shape index (κ1) is 14.6. The third-order valence-corrected chi connectivity index (χ3v) is 3.98. The highest BCUT2D eigenvalue weighted by molar-refractivity contribution is 6.42. The Morgan fingerprint density at radius 1 is 0.947 bits per heavy atom. The molecule has 0 aliphatic heterocycles. The molecule has 2 rings (SSSR count). The number of hydrogen-bond donors (Lipinski definition) is 2. The number of hydrazine groups is 1. The van der Waals surface area contributed by atoms with Crippen LogP contribution in [0.2, 0.25) is 15.1 Å². The van der Waals surface area contributed by atoms with Crippen LogP contribution in [0.25, 0.3) is 0 Å². The van der Waals surface area contributed by atoms with Crippen molar-refractivity contribution in [2.75, 3.05) is 0 Å². The molecular weight excluding hydrogens is 310 g/mol. The van der Waals surface area contributed by atoms with Crippen molar-refractivity contribution >= 4 is 34.8 Å². The van der Waals surface area contributed by atoms with Gasteiger partial charge in [-0.25, -0.2) is 9.82 Å². The van der Waals surface area contributed by atoms with Gasteiger partial charge in [0.05, 0.1) is 21.1 Å². The molecule has 0 amide bonds. The summed E-state index contributed by atoms with van der Waals surface area (Å²) >= 11 is 18.1. The van der Waals surface area contributed by atoms with Gasteiger partial charge in [-0.3, -0.25) is 5.84 Å². The average molecular weight is 320 g/mol. The van der Waals surface area contributed by atoms with Gasteiger partial charge in [0, 0.05) is 0 Å². The fourth-order valence-corrected chi connectivity index (χ4v) is 2.49. The molecule has 2 nitrogen and oxygen atoms in total. The van der Waals surface area contributed by atoms with E-state index in [0.29, 0.717) is 21.2 Å². The van der Waals surface area contributed by atoms with E-state index in [0.717, 1.165) is 0 Å². The van der Waals surface area contributed by atoms with Crippen molar-refractivity contribution in [3.05, 3.63) is 68.4 Å². The number of rotatable bonds is 3. The molecule has 0 fully saturated rings. The number of halogens is 4. The maximum absolute atomic E-state index is 13.5. The van der Waals surface area contributed by atoms with Crippen LogP contribution < -0.4 is 11.3 Å². The molecule has 1 unspecified atom stereocenters. The predicted molar refractivity (Wildman–Crippen MR) is 77.0 cm³/mol. The fraction of sp³-hybridized carbons (Fsp3) is 0.0769.